The van der Waals surface area contributed by atoms with Crippen LogP contribution in [0.1, 0.15) is 21.5 Å². The Morgan fingerprint density at radius 1 is 1.04 bits per heavy atom. The molecule has 24 heavy (non-hydrogen) atoms. The fourth-order valence-electron chi connectivity index (χ4n) is 2.07. The Balaban J connectivity index is 2.43. The van der Waals surface area contributed by atoms with Gasteiger partial charge in [-0.15, -0.1) is 0 Å². The fourth-order valence-corrected chi connectivity index (χ4v) is 2.25. The zero-order chi connectivity index (χ0) is 18.0. The smallest absolute Gasteiger partial charge is 0.279 e. The van der Waals surface area contributed by atoms with Gasteiger partial charge in [-0.25, -0.2) is 0 Å². The predicted octanol–water partition coefficient (Wildman–Crippen LogP) is 4.03. The van der Waals surface area contributed by atoms with Gasteiger partial charge in [0.15, 0.2) is 0 Å². The maximum Gasteiger partial charge on any atom is 0.279 e. The first-order valence-electron chi connectivity index (χ1n) is 6.71. The van der Waals surface area contributed by atoms with Gasteiger partial charge in [-0.3, -0.25) is 25.0 Å². The third-order valence-corrected chi connectivity index (χ3v) is 3.85. The SMILES string of the molecule is Cc1ccc(NC(=O)c2cc([N+](=O)[O-])c(C)c([N+](=O)[O-])c2)cc1Cl. The van der Waals surface area contributed by atoms with Crippen molar-refractivity contribution in [2.24, 2.45) is 0 Å². The number of hydrogen-bond donors (Lipinski definition) is 1. The lowest BCUT2D eigenvalue weighted by molar-refractivity contribution is -0.395. The maximum absolute atomic E-state index is 12.3. The van der Waals surface area contributed by atoms with E-state index in [1.807, 2.05) is 0 Å². The van der Waals surface area contributed by atoms with Gasteiger partial charge in [-0.1, -0.05) is 17.7 Å². The minimum Gasteiger partial charge on any atom is -0.322 e. The van der Waals surface area contributed by atoms with E-state index in [1.54, 1.807) is 19.1 Å². The number of aryl methyl sites for hydroxylation is 1. The van der Waals surface area contributed by atoms with Crippen LogP contribution >= 0.6 is 11.6 Å². The highest BCUT2D eigenvalue weighted by molar-refractivity contribution is 6.31. The predicted molar refractivity (Wildman–Crippen MR) is 88.6 cm³/mol. The van der Waals surface area contributed by atoms with Crippen molar-refractivity contribution in [3.8, 4) is 0 Å². The third kappa shape index (κ3) is 3.49. The molecule has 0 aromatic heterocycles. The molecule has 1 amide bonds. The van der Waals surface area contributed by atoms with Gasteiger partial charge in [-0.05, 0) is 31.5 Å². The number of halogens is 1. The van der Waals surface area contributed by atoms with E-state index >= 15 is 0 Å². The van der Waals surface area contributed by atoms with Crippen LogP contribution in [0.2, 0.25) is 5.02 Å². The molecule has 2 aromatic rings. The summed E-state index contributed by atoms with van der Waals surface area (Å²) in [6, 6.07) is 6.83. The van der Waals surface area contributed by atoms with Gasteiger partial charge in [0.05, 0.1) is 15.4 Å². The number of benzene rings is 2. The monoisotopic (exact) mass is 349 g/mol. The number of nitrogens with one attached hydrogen (secondary N) is 1. The fraction of sp³-hybridized carbons (Fsp3) is 0.133. The standard InChI is InChI=1S/C15H12ClN3O5/c1-8-3-4-11(7-12(8)16)17-15(20)10-5-13(18(21)22)9(2)14(6-10)19(23)24/h3-7H,1-2H3,(H,17,20). The molecule has 0 fully saturated rings. The second kappa shape index (κ2) is 6.63. The maximum atomic E-state index is 12.3. The molecular formula is C15H12ClN3O5. The van der Waals surface area contributed by atoms with Crippen LogP contribution in [0.5, 0.6) is 0 Å². The Hall–Kier alpha value is -3.00. The number of carbonyl (C=O) groups excluding carboxylic acids is 1. The number of anilines is 1. The van der Waals surface area contributed by atoms with E-state index < -0.39 is 27.1 Å². The molecule has 0 aliphatic carbocycles. The Kier molecular flexibility index (Phi) is 4.79. The molecule has 0 saturated carbocycles. The molecule has 0 aliphatic heterocycles. The van der Waals surface area contributed by atoms with E-state index in [0.29, 0.717) is 10.7 Å². The normalized spacial score (nSPS) is 10.3. The molecular weight excluding hydrogens is 338 g/mol. The Morgan fingerprint density at radius 2 is 1.58 bits per heavy atom. The van der Waals surface area contributed by atoms with Gasteiger partial charge in [0.1, 0.15) is 5.56 Å². The lowest BCUT2D eigenvalue weighted by atomic mass is 10.1. The molecule has 0 bridgehead atoms. The van der Waals surface area contributed by atoms with E-state index in [2.05, 4.69) is 5.32 Å². The van der Waals surface area contributed by atoms with Crippen molar-refractivity contribution in [2.45, 2.75) is 13.8 Å². The zero-order valence-corrected chi connectivity index (χ0v) is 13.5. The summed E-state index contributed by atoms with van der Waals surface area (Å²) in [5.74, 6) is -0.707. The van der Waals surface area contributed by atoms with Crippen LogP contribution in [0.4, 0.5) is 17.1 Å². The third-order valence-electron chi connectivity index (χ3n) is 3.44. The van der Waals surface area contributed by atoms with Crippen molar-refractivity contribution in [1.82, 2.24) is 0 Å². The summed E-state index contributed by atoms with van der Waals surface area (Å²) in [7, 11) is 0. The molecule has 124 valence electrons. The van der Waals surface area contributed by atoms with Gasteiger partial charge in [0.2, 0.25) is 0 Å². The zero-order valence-electron chi connectivity index (χ0n) is 12.7. The van der Waals surface area contributed by atoms with Crippen LogP contribution in [0.3, 0.4) is 0 Å². The molecule has 0 aliphatic rings. The molecule has 1 N–H and O–H groups in total. The average Bonchev–Trinajstić information content (AvgIpc) is 2.50. The molecule has 0 radical (unpaired) electrons. The van der Waals surface area contributed by atoms with Crippen LogP contribution in [-0.4, -0.2) is 15.8 Å². The molecule has 9 heteroatoms. The lowest BCUT2D eigenvalue weighted by Gasteiger charge is -2.08. The van der Waals surface area contributed by atoms with Crippen molar-refractivity contribution in [3.63, 3.8) is 0 Å². The van der Waals surface area contributed by atoms with Gasteiger partial charge >= 0.3 is 0 Å². The summed E-state index contributed by atoms with van der Waals surface area (Å²) in [5.41, 5.74) is -0.0824. The van der Waals surface area contributed by atoms with Crippen molar-refractivity contribution < 1.29 is 14.6 Å². The highest BCUT2D eigenvalue weighted by Gasteiger charge is 2.25. The van der Waals surface area contributed by atoms with Crippen LogP contribution < -0.4 is 5.32 Å². The van der Waals surface area contributed by atoms with Crippen LogP contribution in [0, 0.1) is 34.1 Å². The van der Waals surface area contributed by atoms with Gasteiger partial charge in [0.25, 0.3) is 17.3 Å². The van der Waals surface area contributed by atoms with Crippen molar-refractivity contribution >= 4 is 34.6 Å². The van der Waals surface area contributed by atoms with E-state index in [1.165, 1.54) is 13.0 Å². The topological polar surface area (TPSA) is 115 Å². The van der Waals surface area contributed by atoms with E-state index in [-0.39, 0.29) is 11.1 Å². The average molecular weight is 350 g/mol. The molecule has 2 aromatic carbocycles. The summed E-state index contributed by atoms with van der Waals surface area (Å²) in [6.45, 7) is 3.05. The number of nitrogens with zero attached hydrogens (tertiary/aromatic N) is 2. The number of hydrogen-bond acceptors (Lipinski definition) is 5. The first-order chi connectivity index (χ1) is 11.2. The quantitative estimate of drug-likeness (QED) is 0.660. The van der Waals surface area contributed by atoms with Crippen molar-refractivity contribution in [2.75, 3.05) is 5.32 Å². The number of rotatable bonds is 4. The summed E-state index contributed by atoms with van der Waals surface area (Å²) >= 11 is 5.97. The van der Waals surface area contributed by atoms with Gasteiger partial charge in [0, 0.05) is 22.8 Å². The van der Waals surface area contributed by atoms with Crippen LogP contribution in [-0.2, 0) is 0 Å². The number of carbonyl (C=O) groups is 1. The molecule has 0 heterocycles. The molecule has 2 rings (SSSR count). The summed E-state index contributed by atoms with van der Waals surface area (Å²) in [5, 5.41) is 25.0. The number of amides is 1. The minimum atomic E-state index is -0.762. The van der Waals surface area contributed by atoms with Gasteiger partial charge < -0.3 is 5.32 Å². The van der Waals surface area contributed by atoms with Crippen molar-refractivity contribution in [3.05, 3.63) is 72.3 Å². The van der Waals surface area contributed by atoms with Gasteiger partial charge in [-0.2, -0.15) is 0 Å². The number of nitro groups is 2. The second-order valence-electron chi connectivity index (χ2n) is 5.07. The van der Waals surface area contributed by atoms with E-state index in [9.17, 15) is 25.0 Å². The Morgan fingerprint density at radius 3 is 2.04 bits per heavy atom. The summed E-state index contributed by atoms with van der Waals surface area (Å²) in [4.78, 5) is 32.8. The largest absolute Gasteiger partial charge is 0.322 e. The Bertz CT molecular complexity index is 831. The van der Waals surface area contributed by atoms with Crippen LogP contribution in [0.15, 0.2) is 30.3 Å². The molecule has 0 unspecified atom stereocenters. The van der Waals surface area contributed by atoms with E-state index in [4.69, 9.17) is 11.6 Å². The molecule has 0 saturated heterocycles. The second-order valence-corrected chi connectivity index (χ2v) is 5.48. The van der Waals surface area contributed by atoms with Crippen molar-refractivity contribution in [1.29, 1.82) is 0 Å². The minimum absolute atomic E-state index is 0.111. The molecule has 0 atom stereocenters. The highest BCUT2D eigenvalue weighted by atomic mass is 35.5. The summed E-state index contributed by atoms with van der Waals surface area (Å²) in [6.07, 6.45) is 0. The first kappa shape index (κ1) is 17.4. The lowest BCUT2D eigenvalue weighted by Crippen LogP contribution is -2.13. The first-order valence-corrected chi connectivity index (χ1v) is 7.09. The van der Waals surface area contributed by atoms with Crippen LogP contribution in [0.25, 0.3) is 0 Å². The molecule has 8 nitrogen and oxygen atoms in total. The summed E-state index contributed by atoms with van der Waals surface area (Å²) < 4.78 is 0. The molecule has 0 spiro atoms. The number of nitro benzene ring substituents is 2. The van der Waals surface area contributed by atoms with E-state index in [0.717, 1.165) is 17.7 Å². The highest BCUT2D eigenvalue weighted by Crippen LogP contribution is 2.30. The Labute approximate surface area is 141 Å².